The Balaban J connectivity index is 2.57. The van der Waals surface area contributed by atoms with Gasteiger partial charge in [-0.3, -0.25) is 0 Å². The van der Waals surface area contributed by atoms with Gasteiger partial charge in [-0.15, -0.1) is 0 Å². The summed E-state index contributed by atoms with van der Waals surface area (Å²) in [6.07, 6.45) is 1.61. The van der Waals surface area contributed by atoms with Gasteiger partial charge < -0.3 is 0 Å². The first-order valence-corrected chi connectivity index (χ1v) is 4.76. The maximum atomic E-state index is 6.00. The maximum absolute atomic E-state index is 6.00. The summed E-state index contributed by atoms with van der Waals surface area (Å²) >= 11 is 11.9. The molecule has 0 aliphatic rings. The van der Waals surface area contributed by atoms with Crippen molar-refractivity contribution < 1.29 is 0 Å². The summed E-state index contributed by atoms with van der Waals surface area (Å²) in [6, 6.07) is 8.90. The van der Waals surface area contributed by atoms with Gasteiger partial charge in [0, 0.05) is 16.8 Å². The van der Waals surface area contributed by atoms with E-state index in [-0.39, 0.29) is 0 Å². The molecule has 2 nitrogen and oxygen atoms in total. The standard InChI is InChI=1S/C10H6Cl2N2/c11-7-3-4-9(12)8(6-7)10-2-1-5-13-14-10/h1-6H. The Morgan fingerprint density at radius 2 is 1.93 bits per heavy atom. The highest BCUT2D eigenvalue weighted by Gasteiger charge is 2.04. The SMILES string of the molecule is Clc1ccc(Cl)c(-c2cccnn2)c1. The number of rotatable bonds is 1. The summed E-state index contributed by atoms with van der Waals surface area (Å²) in [5.74, 6) is 0. The highest BCUT2D eigenvalue weighted by molar-refractivity contribution is 6.35. The molecule has 4 heteroatoms. The highest BCUT2D eigenvalue weighted by Crippen LogP contribution is 2.28. The minimum atomic E-state index is 0.620. The average Bonchev–Trinajstić information content (AvgIpc) is 2.23. The van der Waals surface area contributed by atoms with E-state index in [9.17, 15) is 0 Å². The van der Waals surface area contributed by atoms with Crippen LogP contribution in [0.4, 0.5) is 0 Å². The lowest BCUT2D eigenvalue weighted by Crippen LogP contribution is -1.86. The molecule has 0 spiro atoms. The molecule has 0 bridgehead atoms. The summed E-state index contributed by atoms with van der Waals surface area (Å²) in [5.41, 5.74) is 1.52. The molecule has 0 saturated carbocycles. The van der Waals surface area contributed by atoms with Gasteiger partial charge in [0.1, 0.15) is 0 Å². The van der Waals surface area contributed by atoms with E-state index in [0.29, 0.717) is 10.0 Å². The molecule has 0 radical (unpaired) electrons. The third-order valence-corrected chi connectivity index (χ3v) is 2.34. The van der Waals surface area contributed by atoms with Gasteiger partial charge in [-0.25, -0.2) is 0 Å². The van der Waals surface area contributed by atoms with Crippen molar-refractivity contribution in [1.29, 1.82) is 0 Å². The smallest absolute Gasteiger partial charge is 0.0945 e. The van der Waals surface area contributed by atoms with Crippen molar-refractivity contribution in [2.24, 2.45) is 0 Å². The largest absolute Gasteiger partial charge is 0.159 e. The molecule has 0 amide bonds. The second-order valence-corrected chi connectivity index (χ2v) is 3.58. The predicted octanol–water partition coefficient (Wildman–Crippen LogP) is 3.45. The molecular weight excluding hydrogens is 219 g/mol. The maximum Gasteiger partial charge on any atom is 0.0945 e. The Labute approximate surface area is 91.5 Å². The number of hydrogen-bond donors (Lipinski definition) is 0. The molecule has 0 aliphatic heterocycles. The molecule has 1 heterocycles. The first kappa shape index (κ1) is 9.44. The molecule has 70 valence electrons. The Morgan fingerprint density at radius 1 is 1.07 bits per heavy atom. The number of nitrogens with zero attached hydrogens (tertiary/aromatic N) is 2. The normalized spacial score (nSPS) is 10.1. The summed E-state index contributed by atoms with van der Waals surface area (Å²) in [6.45, 7) is 0. The lowest BCUT2D eigenvalue weighted by Gasteiger charge is -2.02. The van der Waals surface area contributed by atoms with Crippen molar-refractivity contribution in [2.45, 2.75) is 0 Å². The van der Waals surface area contributed by atoms with Gasteiger partial charge >= 0.3 is 0 Å². The van der Waals surface area contributed by atoms with E-state index in [1.165, 1.54) is 0 Å². The molecule has 0 unspecified atom stereocenters. The van der Waals surface area contributed by atoms with Gasteiger partial charge in [0.15, 0.2) is 0 Å². The lowest BCUT2D eigenvalue weighted by atomic mass is 10.1. The molecule has 2 aromatic rings. The van der Waals surface area contributed by atoms with Crippen LogP contribution < -0.4 is 0 Å². The Bertz CT molecular complexity index is 443. The molecule has 1 aromatic carbocycles. The third kappa shape index (κ3) is 1.86. The van der Waals surface area contributed by atoms with Gasteiger partial charge in [-0.2, -0.15) is 10.2 Å². The van der Waals surface area contributed by atoms with Crippen LogP contribution in [0.1, 0.15) is 0 Å². The van der Waals surface area contributed by atoms with E-state index < -0.39 is 0 Å². The molecule has 0 saturated heterocycles. The van der Waals surface area contributed by atoms with E-state index in [1.807, 2.05) is 6.07 Å². The zero-order valence-corrected chi connectivity index (χ0v) is 8.63. The lowest BCUT2D eigenvalue weighted by molar-refractivity contribution is 1.04. The van der Waals surface area contributed by atoms with Gasteiger partial charge in [0.25, 0.3) is 0 Å². The minimum Gasteiger partial charge on any atom is -0.159 e. The van der Waals surface area contributed by atoms with E-state index in [4.69, 9.17) is 23.2 Å². The van der Waals surface area contributed by atoms with Crippen molar-refractivity contribution in [1.82, 2.24) is 10.2 Å². The molecule has 0 fully saturated rings. The van der Waals surface area contributed by atoms with Crippen molar-refractivity contribution in [3.63, 3.8) is 0 Å². The first-order chi connectivity index (χ1) is 6.77. The summed E-state index contributed by atoms with van der Waals surface area (Å²) in [7, 11) is 0. The third-order valence-electron chi connectivity index (χ3n) is 1.78. The van der Waals surface area contributed by atoms with Crippen LogP contribution in [0.5, 0.6) is 0 Å². The van der Waals surface area contributed by atoms with Gasteiger partial charge in [-0.1, -0.05) is 23.2 Å². The molecule has 0 N–H and O–H groups in total. The number of halogens is 2. The number of benzene rings is 1. The molecule has 0 aliphatic carbocycles. The van der Waals surface area contributed by atoms with Crippen LogP contribution >= 0.6 is 23.2 Å². The quantitative estimate of drug-likeness (QED) is 0.742. The Hall–Kier alpha value is -1.12. The van der Waals surface area contributed by atoms with E-state index in [0.717, 1.165) is 11.3 Å². The molecule has 0 atom stereocenters. The summed E-state index contributed by atoms with van der Waals surface area (Å²) in [4.78, 5) is 0. The molecule has 2 rings (SSSR count). The van der Waals surface area contributed by atoms with Crippen LogP contribution in [0.15, 0.2) is 36.5 Å². The monoisotopic (exact) mass is 224 g/mol. The summed E-state index contributed by atoms with van der Waals surface area (Å²) < 4.78 is 0. The van der Waals surface area contributed by atoms with Crippen molar-refractivity contribution >= 4 is 23.2 Å². The predicted molar refractivity (Wildman–Crippen MR) is 57.5 cm³/mol. The molecule has 1 aromatic heterocycles. The van der Waals surface area contributed by atoms with Crippen molar-refractivity contribution in [2.75, 3.05) is 0 Å². The van der Waals surface area contributed by atoms with Crippen molar-refractivity contribution in [3.05, 3.63) is 46.6 Å². The van der Waals surface area contributed by atoms with Crippen LogP contribution in [0.25, 0.3) is 11.3 Å². The fourth-order valence-corrected chi connectivity index (χ4v) is 1.53. The topological polar surface area (TPSA) is 25.8 Å². The molecular formula is C10H6Cl2N2. The van der Waals surface area contributed by atoms with Gasteiger partial charge in [-0.05, 0) is 30.3 Å². The zero-order valence-electron chi connectivity index (χ0n) is 7.11. The minimum absolute atomic E-state index is 0.620. The zero-order chi connectivity index (χ0) is 9.97. The van der Waals surface area contributed by atoms with Crippen molar-refractivity contribution in [3.8, 4) is 11.3 Å². The van der Waals surface area contributed by atoms with Gasteiger partial charge in [0.2, 0.25) is 0 Å². The average molecular weight is 225 g/mol. The van der Waals surface area contributed by atoms with Crippen LogP contribution in [-0.4, -0.2) is 10.2 Å². The van der Waals surface area contributed by atoms with Crippen LogP contribution in [0.3, 0.4) is 0 Å². The van der Waals surface area contributed by atoms with E-state index >= 15 is 0 Å². The van der Waals surface area contributed by atoms with Gasteiger partial charge in [0.05, 0.1) is 10.7 Å². The summed E-state index contributed by atoms with van der Waals surface area (Å²) in [5, 5.41) is 8.99. The van der Waals surface area contributed by atoms with Crippen LogP contribution in [0.2, 0.25) is 10.0 Å². The van der Waals surface area contributed by atoms with Crippen LogP contribution in [-0.2, 0) is 0 Å². The highest BCUT2D eigenvalue weighted by atomic mass is 35.5. The second-order valence-electron chi connectivity index (χ2n) is 2.73. The van der Waals surface area contributed by atoms with Crippen LogP contribution in [0, 0.1) is 0 Å². The first-order valence-electron chi connectivity index (χ1n) is 4.00. The molecule has 14 heavy (non-hydrogen) atoms. The fourth-order valence-electron chi connectivity index (χ4n) is 1.14. The van der Waals surface area contributed by atoms with E-state index in [1.54, 1.807) is 30.5 Å². The fraction of sp³-hybridized carbons (Fsp3) is 0. The van der Waals surface area contributed by atoms with E-state index in [2.05, 4.69) is 10.2 Å². The number of hydrogen-bond acceptors (Lipinski definition) is 2. The second kappa shape index (κ2) is 3.95. The Kier molecular flexibility index (Phi) is 2.66. The number of aromatic nitrogens is 2. The Morgan fingerprint density at radius 3 is 2.64 bits per heavy atom.